The third kappa shape index (κ3) is 1.32. The van der Waals surface area contributed by atoms with Crippen LogP contribution in [-0.2, 0) is 9.47 Å². The van der Waals surface area contributed by atoms with Crippen LogP contribution in [0.4, 0.5) is 0 Å². The SMILES string of the molecule is C=C1[C@H]2CC[C@@]3([C@@H](C2)[C@@]24CCC[C@@]5(C)[C@@H]6OCCN6[C@H]2O[C@@H]3C[C@H]54)[C@H]1O. The average molecular weight is 357 g/mol. The summed E-state index contributed by atoms with van der Waals surface area (Å²) < 4.78 is 13.2. The molecule has 0 unspecified atom stereocenters. The van der Waals surface area contributed by atoms with Gasteiger partial charge in [0.05, 0.1) is 18.8 Å². The predicted octanol–water partition coefficient (Wildman–Crippen LogP) is 2.91. The lowest BCUT2D eigenvalue weighted by atomic mass is 9.32. The van der Waals surface area contributed by atoms with Gasteiger partial charge in [0.15, 0.2) is 0 Å². The van der Waals surface area contributed by atoms with Gasteiger partial charge in [-0.05, 0) is 61.9 Å². The van der Waals surface area contributed by atoms with Crippen molar-refractivity contribution < 1.29 is 14.6 Å². The molecule has 0 aromatic rings. The highest BCUT2D eigenvalue weighted by molar-refractivity contribution is 5.32. The lowest BCUT2D eigenvalue weighted by molar-refractivity contribution is -0.422. The molecule has 10 atom stereocenters. The number of aliphatic hydroxyl groups is 1. The maximum absolute atomic E-state index is 11.4. The van der Waals surface area contributed by atoms with Gasteiger partial charge in [0, 0.05) is 22.8 Å². The molecular formula is C22H31NO3. The Labute approximate surface area is 155 Å². The number of rotatable bonds is 0. The van der Waals surface area contributed by atoms with E-state index in [-0.39, 0.29) is 40.9 Å². The molecule has 4 heteroatoms. The number of nitrogens with zero attached hydrogens (tertiary/aromatic N) is 1. The summed E-state index contributed by atoms with van der Waals surface area (Å²) in [5.74, 6) is 1.84. The molecule has 142 valence electrons. The first-order chi connectivity index (χ1) is 12.5. The molecule has 4 aliphatic heterocycles. The summed E-state index contributed by atoms with van der Waals surface area (Å²) >= 11 is 0. The second-order valence-electron chi connectivity index (χ2n) is 10.8. The predicted molar refractivity (Wildman–Crippen MR) is 96.0 cm³/mol. The van der Waals surface area contributed by atoms with E-state index in [9.17, 15) is 5.11 Å². The van der Waals surface area contributed by atoms with Crippen LogP contribution in [0.5, 0.6) is 0 Å². The standard InChI is InChI=1S/C22H31NO3/c1-12-13-4-7-22(17(12)24)15(10-13)21-6-3-5-20(2)14(21)11-16(22)26-19(21)23-8-9-25-18(20)23/h13-19,24H,1,3-11H2,2H3/t13-,14+,15-,16+,17-,18-,19-,20+,21-,22-/m0/s1. The van der Waals surface area contributed by atoms with Crippen molar-refractivity contribution in [1.82, 2.24) is 4.90 Å². The van der Waals surface area contributed by atoms with E-state index in [1.807, 2.05) is 0 Å². The summed E-state index contributed by atoms with van der Waals surface area (Å²) in [7, 11) is 0. The van der Waals surface area contributed by atoms with Crippen LogP contribution in [0.1, 0.15) is 51.9 Å². The van der Waals surface area contributed by atoms with E-state index < -0.39 is 0 Å². The van der Waals surface area contributed by atoms with Gasteiger partial charge in [-0.3, -0.25) is 0 Å². The van der Waals surface area contributed by atoms with Gasteiger partial charge >= 0.3 is 0 Å². The van der Waals surface area contributed by atoms with Gasteiger partial charge < -0.3 is 14.6 Å². The molecule has 9 aliphatic rings. The van der Waals surface area contributed by atoms with Crippen molar-refractivity contribution in [2.45, 2.75) is 76.5 Å². The Hall–Kier alpha value is -0.420. The number of hydrogen-bond acceptors (Lipinski definition) is 4. The zero-order valence-corrected chi connectivity index (χ0v) is 15.8. The molecule has 9 fully saturated rings. The molecule has 7 bridgehead atoms. The third-order valence-electron chi connectivity index (χ3n) is 10.5. The summed E-state index contributed by atoms with van der Waals surface area (Å²) in [5, 5.41) is 11.4. The van der Waals surface area contributed by atoms with E-state index in [0.717, 1.165) is 31.6 Å². The summed E-state index contributed by atoms with van der Waals surface area (Å²) in [6.07, 6.45) is 8.94. The van der Waals surface area contributed by atoms with E-state index in [1.165, 1.54) is 32.1 Å². The minimum absolute atomic E-state index is 0.0511. The monoisotopic (exact) mass is 357 g/mol. The molecular weight excluding hydrogens is 326 g/mol. The van der Waals surface area contributed by atoms with Crippen molar-refractivity contribution in [3.8, 4) is 0 Å². The van der Waals surface area contributed by atoms with Crippen LogP contribution in [0.25, 0.3) is 0 Å². The summed E-state index contributed by atoms with van der Waals surface area (Å²) in [4.78, 5) is 2.60. The smallest absolute Gasteiger partial charge is 0.119 e. The number of fused-ring (bicyclic) bond motifs is 4. The molecule has 0 radical (unpaired) electrons. The molecule has 26 heavy (non-hydrogen) atoms. The van der Waals surface area contributed by atoms with Crippen LogP contribution >= 0.6 is 0 Å². The zero-order valence-electron chi connectivity index (χ0n) is 15.8. The van der Waals surface area contributed by atoms with Crippen LogP contribution in [0.15, 0.2) is 12.2 Å². The van der Waals surface area contributed by atoms with Crippen LogP contribution in [0, 0.1) is 34.0 Å². The Bertz CT molecular complexity index is 710. The van der Waals surface area contributed by atoms with Crippen LogP contribution in [0.3, 0.4) is 0 Å². The van der Waals surface area contributed by atoms with E-state index in [4.69, 9.17) is 9.47 Å². The maximum Gasteiger partial charge on any atom is 0.119 e. The Kier molecular flexibility index (Phi) is 2.64. The summed E-state index contributed by atoms with van der Waals surface area (Å²) in [6, 6.07) is 0. The molecule has 0 aromatic carbocycles. The Morgan fingerprint density at radius 2 is 2.00 bits per heavy atom. The van der Waals surface area contributed by atoms with Gasteiger partial charge in [-0.2, -0.15) is 0 Å². The van der Waals surface area contributed by atoms with Crippen molar-refractivity contribution in [2.24, 2.45) is 34.0 Å². The molecule has 1 N–H and O–H groups in total. The lowest BCUT2D eigenvalue weighted by Crippen LogP contribution is -2.83. The quantitative estimate of drug-likeness (QED) is 0.677. The Morgan fingerprint density at radius 3 is 2.88 bits per heavy atom. The first-order valence-corrected chi connectivity index (χ1v) is 10.9. The topological polar surface area (TPSA) is 41.9 Å². The molecule has 9 rings (SSSR count). The van der Waals surface area contributed by atoms with E-state index >= 15 is 0 Å². The molecule has 5 saturated carbocycles. The lowest BCUT2D eigenvalue weighted by Gasteiger charge is -2.80. The summed E-state index contributed by atoms with van der Waals surface area (Å²) in [5.41, 5.74) is 1.55. The Morgan fingerprint density at radius 1 is 1.12 bits per heavy atom. The molecule has 4 nitrogen and oxygen atoms in total. The second-order valence-corrected chi connectivity index (χ2v) is 10.8. The first kappa shape index (κ1) is 15.5. The van der Waals surface area contributed by atoms with Crippen molar-refractivity contribution in [2.75, 3.05) is 13.2 Å². The van der Waals surface area contributed by atoms with Crippen LogP contribution < -0.4 is 0 Å². The summed E-state index contributed by atoms with van der Waals surface area (Å²) in [6.45, 7) is 8.71. The fourth-order valence-electron chi connectivity index (χ4n) is 9.72. The zero-order chi connectivity index (χ0) is 17.5. The van der Waals surface area contributed by atoms with Gasteiger partial charge in [-0.25, -0.2) is 4.90 Å². The number of hydrogen-bond donors (Lipinski definition) is 1. The van der Waals surface area contributed by atoms with Crippen molar-refractivity contribution >= 4 is 0 Å². The minimum Gasteiger partial charge on any atom is -0.388 e. The Balaban J connectivity index is 1.45. The number of ether oxygens (including phenoxy) is 2. The van der Waals surface area contributed by atoms with Gasteiger partial charge in [-0.1, -0.05) is 19.9 Å². The molecule has 4 heterocycles. The van der Waals surface area contributed by atoms with Gasteiger partial charge in [-0.15, -0.1) is 0 Å². The first-order valence-electron chi connectivity index (χ1n) is 10.9. The van der Waals surface area contributed by atoms with E-state index in [0.29, 0.717) is 17.8 Å². The van der Waals surface area contributed by atoms with E-state index in [1.54, 1.807) is 0 Å². The van der Waals surface area contributed by atoms with Gasteiger partial charge in [0.25, 0.3) is 0 Å². The fraction of sp³-hybridized carbons (Fsp3) is 0.909. The highest BCUT2D eigenvalue weighted by Gasteiger charge is 2.80. The fourth-order valence-corrected chi connectivity index (χ4v) is 9.72. The molecule has 0 amide bonds. The van der Waals surface area contributed by atoms with Crippen molar-refractivity contribution in [1.29, 1.82) is 0 Å². The highest BCUT2D eigenvalue weighted by atomic mass is 16.6. The van der Waals surface area contributed by atoms with Gasteiger partial charge in [0.2, 0.25) is 0 Å². The van der Waals surface area contributed by atoms with Crippen molar-refractivity contribution in [3.05, 3.63) is 12.2 Å². The number of piperidine rings is 1. The second kappa shape index (κ2) is 4.42. The van der Waals surface area contributed by atoms with Gasteiger partial charge in [0.1, 0.15) is 12.5 Å². The van der Waals surface area contributed by atoms with Crippen LogP contribution in [0.2, 0.25) is 0 Å². The van der Waals surface area contributed by atoms with E-state index in [2.05, 4.69) is 18.4 Å². The third-order valence-corrected chi connectivity index (χ3v) is 10.5. The molecule has 4 saturated heterocycles. The largest absolute Gasteiger partial charge is 0.388 e. The van der Waals surface area contributed by atoms with Crippen LogP contribution in [-0.4, -0.2) is 47.8 Å². The molecule has 5 aliphatic carbocycles. The van der Waals surface area contributed by atoms with Crippen molar-refractivity contribution in [3.63, 3.8) is 0 Å². The molecule has 2 spiro atoms. The maximum atomic E-state index is 11.4. The molecule has 0 aromatic heterocycles. The average Bonchev–Trinajstić information content (AvgIpc) is 3.14. The number of aliphatic hydroxyl groups excluding tert-OH is 1. The minimum atomic E-state index is -0.345. The normalized spacial score (nSPS) is 65.2. The highest BCUT2D eigenvalue weighted by Crippen LogP contribution is 2.79.